The van der Waals surface area contributed by atoms with Gasteiger partial charge in [0.1, 0.15) is 5.76 Å². The number of rotatable bonds is 5. The van der Waals surface area contributed by atoms with Crippen molar-refractivity contribution in [3.05, 3.63) is 60.1 Å². The van der Waals surface area contributed by atoms with Crippen molar-refractivity contribution in [2.45, 2.75) is 38.4 Å². The first kappa shape index (κ1) is 15.8. The molecule has 1 amide bonds. The van der Waals surface area contributed by atoms with E-state index in [0.29, 0.717) is 19.0 Å². The van der Waals surface area contributed by atoms with E-state index in [2.05, 4.69) is 24.1 Å². The Hall–Kier alpha value is -2.07. The number of nitrogens with zero attached hydrogens (tertiary/aromatic N) is 2. The Morgan fingerprint density at radius 1 is 1.17 bits per heavy atom. The van der Waals surface area contributed by atoms with Gasteiger partial charge in [0.2, 0.25) is 5.91 Å². The average Bonchev–Trinajstić information content (AvgIpc) is 3.00. The summed E-state index contributed by atoms with van der Waals surface area (Å²) < 4.78 is 5.43. The molecule has 0 saturated carbocycles. The molecule has 2 heterocycles. The molecule has 0 bridgehead atoms. The second kappa shape index (κ2) is 7.47. The van der Waals surface area contributed by atoms with Gasteiger partial charge >= 0.3 is 0 Å². The van der Waals surface area contributed by atoms with Gasteiger partial charge in [0.05, 0.1) is 12.8 Å². The zero-order chi connectivity index (χ0) is 16.1. The van der Waals surface area contributed by atoms with Crippen LogP contribution in [0.4, 0.5) is 0 Å². The van der Waals surface area contributed by atoms with Crippen LogP contribution in [0.2, 0.25) is 0 Å². The van der Waals surface area contributed by atoms with E-state index in [1.54, 1.807) is 6.26 Å². The van der Waals surface area contributed by atoms with E-state index in [0.717, 1.165) is 31.7 Å². The summed E-state index contributed by atoms with van der Waals surface area (Å²) in [7, 11) is 2.12. The summed E-state index contributed by atoms with van der Waals surface area (Å²) in [6.45, 7) is 2.33. The molecule has 23 heavy (non-hydrogen) atoms. The van der Waals surface area contributed by atoms with Crippen LogP contribution in [0.3, 0.4) is 0 Å². The fourth-order valence-corrected chi connectivity index (χ4v) is 3.21. The topological polar surface area (TPSA) is 36.7 Å². The van der Waals surface area contributed by atoms with E-state index in [1.807, 2.05) is 35.2 Å². The minimum atomic E-state index is 0.266. The van der Waals surface area contributed by atoms with Crippen LogP contribution in [0.5, 0.6) is 0 Å². The molecule has 1 aromatic heterocycles. The van der Waals surface area contributed by atoms with Crippen molar-refractivity contribution in [3.63, 3.8) is 0 Å². The highest BCUT2D eigenvalue weighted by Gasteiger charge is 2.25. The van der Waals surface area contributed by atoms with Crippen LogP contribution < -0.4 is 0 Å². The van der Waals surface area contributed by atoms with E-state index >= 15 is 0 Å². The Bertz CT molecular complexity index is 610. The fraction of sp³-hybridized carbons (Fsp3) is 0.421. The molecule has 4 nitrogen and oxygen atoms in total. The number of hydrogen-bond acceptors (Lipinski definition) is 3. The normalized spacial score (nSPS) is 19.1. The molecular formula is C19H24N2O2. The summed E-state index contributed by atoms with van der Waals surface area (Å²) in [4.78, 5) is 16.7. The van der Waals surface area contributed by atoms with Crippen LogP contribution in [0, 0.1) is 0 Å². The summed E-state index contributed by atoms with van der Waals surface area (Å²) in [5.74, 6) is 1.24. The van der Waals surface area contributed by atoms with Gasteiger partial charge in [-0.25, -0.2) is 0 Å². The van der Waals surface area contributed by atoms with Crippen molar-refractivity contribution in [1.82, 2.24) is 9.80 Å². The van der Waals surface area contributed by atoms with Crippen LogP contribution in [-0.4, -0.2) is 35.3 Å². The van der Waals surface area contributed by atoms with Crippen LogP contribution in [0.25, 0.3) is 0 Å². The highest BCUT2D eigenvalue weighted by atomic mass is 16.3. The van der Waals surface area contributed by atoms with Gasteiger partial charge in [0.15, 0.2) is 0 Å². The third-order valence-corrected chi connectivity index (χ3v) is 4.60. The van der Waals surface area contributed by atoms with E-state index in [4.69, 9.17) is 4.42 Å². The summed E-state index contributed by atoms with van der Waals surface area (Å²) in [6.07, 6.45) is 4.26. The molecule has 1 atom stereocenters. The van der Waals surface area contributed by atoms with E-state index < -0.39 is 0 Å². The molecule has 1 aliphatic heterocycles. The molecule has 122 valence electrons. The Morgan fingerprint density at radius 3 is 2.74 bits per heavy atom. The van der Waals surface area contributed by atoms with Crippen LogP contribution in [0.1, 0.15) is 30.6 Å². The van der Waals surface area contributed by atoms with E-state index in [-0.39, 0.29) is 5.91 Å². The predicted octanol–water partition coefficient (Wildman–Crippen LogP) is 3.29. The quantitative estimate of drug-likeness (QED) is 0.850. The first-order chi connectivity index (χ1) is 11.2. The molecule has 4 heteroatoms. The zero-order valence-corrected chi connectivity index (χ0v) is 13.6. The van der Waals surface area contributed by atoms with Gasteiger partial charge in [0, 0.05) is 25.6 Å². The van der Waals surface area contributed by atoms with Gasteiger partial charge < -0.3 is 9.32 Å². The van der Waals surface area contributed by atoms with Crippen LogP contribution >= 0.6 is 0 Å². The molecule has 1 aliphatic rings. The van der Waals surface area contributed by atoms with Crippen molar-refractivity contribution in [1.29, 1.82) is 0 Å². The molecule has 1 saturated heterocycles. The number of carbonyl (C=O) groups is 1. The first-order valence-electron chi connectivity index (χ1n) is 8.26. The summed E-state index contributed by atoms with van der Waals surface area (Å²) in [6, 6.07) is 14.6. The zero-order valence-electron chi connectivity index (χ0n) is 13.6. The maximum absolute atomic E-state index is 12.4. The summed E-state index contributed by atoms with van der Waals surface area (Å²) in [5, 5.41) is 0. The van der Waals surface area contributed by atoms with E-state index in [1.165, 1.54) is 5.56 Å². The molecule has 1 aromatic carbocycles. The van der Waals surface area contributed by atoms with Gasteiger partial charge in [-0.2, -0.15) is 0 Å². The lowest BCUT2D eigenvalue weighted by atomic mass is 10.1. The van der Waals surface area contributed by atoms with Gasteiger partial charge in [-0.05, 0) is 37.6 Å². The number of benzene rings is 1. The Kier molecular flexibility index (Phi) is 5.13. The molecule has 3 rings (SSSR count). The number of furan rings is 1. The number of likely N-dealkylation sites (tertiary alicyclic amines) is 1. The molecule has 1 unspecified atom stereocenters. The second-order valence-electron chi connectivity index (χ2n) is 6.28. The minimum Gasteiger partial charge on any atom is -0.468 e. The van der Waals surface area contributed by atoms with Crippen molar-refractivity contribution in [2.24, 2.45) is 0 Å². The average molecular weight is 312 g/mol. The molecule has 0 aliphatic carbocycles. The predicted molar refractivity (Wildman–Crippen MR) is 89.7 cm³/mol. The lowest BCUT2D eigenvalue weighted by molar-refractivity contribution is -0.131. The van der Waals surface area contributed by atoms with E-state index in [9.17, 15) is 4.79 Å². The van der Waals surface area contributed by atoms with Crippen molar-refractivity contribution < 1.29 is 9.21 Å². The van der Waals surface area contributed by atoms with Crippen molar-refractivity contribution in [3.8, 4) is 0 Å². The Labute approximate surface area is 137 Å². The third kappa shape index (κ3) is 4.23. The minimum absolute atomic E-state index is 0.266. The van der Waals surface area contributed by atoms with Gasteiger partial charge in [0.25, 0.3) is 0 Å². The van der Waals surface area contributed by atoms with Crippen molar-refractivity contribution in [2.75, 3.05) is 13.6 Å². The Balaban J connectivity index is 1.58. The molecule has 0 radical (unpaired) electrons. The van der Waals surface area contributed by atoms with Gasteiger partial charge in [-0.3, -0.25) is 9.69 Å². The second-order valence-corrected chi connectivity index (χ2v) is 6.28. The highest BCUT2D eigenvalue weighted by molar-refractivity contribution is 5.76. The smallest absolute Gasteiger partial charge is 0.222 e. The SMILES string of the molecule is CN(Cc1ccco1)C1CCC(=O)N(Cc2ccccc2)CC1. The summed E-state index contributed by atoms with van der Waals surface area (Å²) in [5.41, 5.74) is 1.20. The molecular weight excluding hydrogens is 288 g/mol. The van der Waals surface area contributed by atoms with Gasteiger partial charge in [-0.1, -0.05) is 30.3 Å². The lowest BCUT2D eigenvalue weighted by Gasteiger charge is -2.26. The third-order valence-electron chi connectivity index (χ3n) is 4.60. The number of hydrogen-bond donors (Lipinski definition) is 0. The number of carbonyl (C=O) groups excluding carboxylic acids is 1. The number of amides is 1. The first-order valence-corrected chi connectivity index (χ1v) is 8.26. The molecule has 1 fully saturated rings. The largest absolute Gasteiger partial charge is 0.468 e. The maximum Gasteiger partial charge on any atom is 0.222 e. The lowest BCUT2D eigenvalue weighted by Crippen LogP contribution is -2.33. The monoisotopic (exact) mass is 312 g/mol. The highest BCUT2D eigenvalue weighted by Crippen LogP contribution is 2.20. The molecule has 0 spiro atoms. The standard InChI is InChI=1S/C19H24N2O2/c1-20(15-18-8-5-13-23-18)17-9-10-19(22)21(12-11-17)14-16-6-3-2-4-7-16/h2-8,13,17H,9-12,14-15H2,1H3. The summed E-state index contributed by atoms with van der Waals surface area (Å²) >= 11 is 0. The van der Waals surface area contributed by atoms with Crippen LogP contribution in [0.15, 0.2) is 53.1 Å². The van der Waals surface area contributed by atoms with Crippen LogP contribution in [-0.2, 0) is 17.9 Å². The maximum atomic E-state index is 12.4. The Morgan fingerprint density at radius 2 is 2.00 bits per heavy atom. The fourth-order valence-electron chi connectivity index (χ4n) is 3.21. The van der Waals surface area contributed by atoms with Crippen molar-refractivity contribution >= 4 is 5.91 Å². The molecule has 0 N–H and O–H groups in total. The van der Waals surface area contributed by atoms with Gasteiger partial charge in [-0.15, -0.1) is 0 Å². The molecule has 2 aromatic rings.